The fraction of sp³-hybridized carbons (Fsp3) is 0.909. The highest BCUT2D eigenvalue weighted by Crippen LogP contribution is 2.51. The minimum atomic E-state index is -0.0197. The standard InChI is InChI=1S/C11H16O3/c1-5(2)3-6-8-4-7-10(13-8)9(6)14-11(7)12/h5-10H,3-4H2,1-2H3. The number of fused-ring (bicyclic) bond motifs is 1. The SMILES string of the molecule is CC(C)CC1C2CC3C(=O)OC1C3O2. The highest BCUT2D eigenvalue weighted by molar-refractivity contribution is 5.77. The van der Waals surface area contributed by atoms with Crippen LogP contribution in [0.3, 0.4) is 0 Å². The number of carbonyl (C=O) groups is 1. The predicted octanol–water partition coefficient (Wildman–Crippen LogP) is 1.36. The van der Waals surface area contributed by atoms with Crippen molar-refractivity contribution in [1.82, 2.24) is 0 Å². The van der Waals surface area contributed by atoms with Crippen molar-refractivity contribution in [2.24, 2.45) is 17.8 Å². The molecule has 0 aromatic rings. The number of esters is 1. The molecule has 0 N–H and O–H groups in total. The van der Waals surface area contributed by atoms with Gasteiger partial charge in [-0.25, -0.2) is 0 Å². The van der Waals surface area contributed by atoms with Crippen LogP contribution in [0.5, 0.6) is 0 Å². The lowest BCUT2D eigenvalue weighted by Crippen LogP contribution is -2.32. The lowest BCUT2D eigenvalue weighted by molar-refractivity contribution is -0.144. The zero-order valence-corrected chi connectivity index (χ0v) is 8.60. The van der Waals surface area contributed by atoms with E-state index in [2.05, 4.69) is 13.8 Å². The van der Waals surface area contributed by atoms with Crippen LogP contribution in [0.25, 0.3) is 0 Å². The lowest BCUT2D eigenvalue weighted by Gasteiger charge is -2.23. The Kier molecular flexibility index (Phi) is 1.69. The minimum absolute atomic E-state index is 0.0197. The molecular formula is C11H16O3. The molecular weight excluding hydrogens is 180 g/mol. The van der Waals surface area contributed by atoms with Crippen molar-refractivity contribution in [3.05, 3.63) is 0 Å². The van der Waals surface area contributed by atoms with Gasteiger partial charge in [0.25, 0.3) is 0 Å². The predicted molar refractivity (Wildman–Crippen MR) is 49.6 cm³/mol. The van der Waals surface area contributed by atoms with E-state index in [0.717, 1.165) is 12.8 Å². The Hall–Kier alpha value is -0.570. The van der Waals surface area contributed by atoms with Gasteiger partial charge in [0.05, 0.1) is 12.0 Å². The van der Waals surface area contributed by atoms with Crippen LogP contribution in [-0.2, 0) is 14.3 Å². The summed E-state index contributed by atoms with van der Waals surface area (Å²) in [7, 11) is 0. The van der Waals surface area contributed by atoms with Crippen LogP contribution < -0.4 is 0 Å². The largest absolute Gasteiger partial charge is 0.459 e. The Balaban J connectivity index is 1.82. The first-order valence-electron chi connectivity index (χ1n) is 5.53. The summed E-state index contributed by atoms with van der Waals surface area (Å²) in [5.41, 5.74) is 0. The maximum atomic E-state index is 11.4. The van der Waals surface area contributed by atoms with Crippen molar-refractivity contribution in [3.63, 3.8) is 0 Å². The summed E-state index contributed by atoms with van der Waals surface area (Å²) in [6.45, 7) is 4.42. The average Bonchev–Trinajstić information content (AvgIpc) is 2.67. The van der Waals surface area contributed by atoms with Crippen LogP contribution in [-0.4, -0.2) is 24.3 Å². The highest BCUT2D eigenvalue weighted by Gasteiger charge is 2.62. The van der Waals surface area contributed by atoms with Gasteiger partial charge in [0.2, 0.25) is 0 Å². The van der Waals surface area contributed by atoms with Gasteiger partial charge in [0.15, 0.2) is 0 Å². The van der Waals surface area contributed by atoms with E-state index in [9.17, 15) is 4.79 Å². The molecule has 0 saturated carbocycles. The number of hydrogen-bond donors (Lipinski definition) is 0. The molecule has 0 aromatic heterocycles. The molecule has 3 heterocycles. The summed E-state index contributed by atoms with van der Waals surface area (Å²) in [6, 6.07) is 0. The molecule has 14 heavy (non-hydrogen) atoms. The molecule has 3 heteroatoms. The number of rotatable bonds is 2. The van der Waals surface area contributed by atoms with E-state index < -0.39 is 0 Å². The fourth-order valence-corrected chi connectivity index (χ4v) is 3.21. The normalized spacial score (nSPS) is 49.1. The van der Waals surface area contributed by atoms with Gasteiger partial charge in [-0.1, -0.05) is 13.8 Å². The Bertz CT molecular complexity index is 274. The number of ether oxygens (including phenoxy) is 2. The third kappa shape index (κ3) is 0.991. The van der Waals surface area contributed by atoms with Crippen LogP contribution in [0.4, 0.5) is 0 Å². The van der Waals surface area contributed by atoms with Gasteiger partial charge in [0, 0.05) is 5.92 Å². The van der Waals surface area contributed by atoms with Crippen molar-refractivity contribution in [1.29, 1.82) is 0 Å². The Morgan fingerprint density at radius 2 is 2.21 bits per heavy atom. The Morgan fingerprint density at radius 3 is 2.93 bits per heavy atom. The summed E-state index contributed by atoms with van der Waals surface area (Å²) in [5.74, 6) is 1.16. The second kappa shape index (κ2) is 2.72. The monoisotopic (exact) mass is 196 g/mol. The molecule has 0 aromatic carbocycles. The van der Waals surface area contributed by atoms with Gasteiger partial charge in [0.1, 0.15) is 12.2 Å². The van der Waals surface area contributed by atoms with Crippen LogP contribution in [0, 0.1) is 17.8 Å². The minimum Gasteiger partial charge on any atom is -0.459 e. The van der Waals surface area contributed by atoms with Crippen molar-refractivity contribution in [2.75, 3.05) is 0 Å². The van der Waals surface area contributed by atoms with E-state index in [1.54, 1.807) is 0 Å². The van der Waals surface area contributed by atoms with Crippen molar-refractivity contribution in [3.8, 4) is 0 Å². The summed E-state index contributed by atoms with van der Waals surface area (Å²) in [4.78, 5) is 11.4. The highest BCUT2D eigenvalue weighted by atomic mass is 16.6. The van der Waals surface area contributed by atoms with E-state index in [-0.39, 0.29) is 24.1 Å². The molecule has 0 spiro atoms. The van der Waals surface area contributed by atoms with Crippen LogP contribution in [0.15, 0.2) is 0 Å². The quantitative estimate of drug-likeness (QED) is 0.625. The van der Waals surface area contributed by atoms with Gasteiger partial charge in [-0.15, -0.1) is 0 Å². The van der Waals surface area contributed by atoms with E-state index in [1.165, 1.54) is 0 Å². The fourth-order valence-electron chi connectivity index (χ4n) is 3.21. The second-order valence-corrected chi connectivity index (χ2v) is 5.18. The van der Waals surface area contributed by atoms with E-state index in [1.807, 2.05) is 0 Å². The third-order valence-corrected chi connectivity index (χ3v) is 3.74. The topological polar surface area (TPSA) is 35.5 Å². The van der Waals surface area contributed by atoms with Crippen molar-refractivity contribution in [2.45, 2.75) is 45.0 Å². The number of hydrogen-bond acceptors (Lipinski definition) is 3. The molecule has 3 saturated heterocycles. The maximum Gasteiger partial charge on any atom is 0.312 e. The van der Waals surface area contributed by atoms with E-state index >= 15 is 0 Å². The van der Waals surface area contributed by atoms with Gasteiger partial charge >= 0.3 is 5.97 Å². The van der Waals surface area contributed by atoms with Gasteiger partial charge in [-0.05, 0) is 18.8 Å². The van der Waals surface area contributed by atoms with Crippen LogP contribution in [0.2, 0.25) is 0 Å². The molecule has 3 nitrogen and oxygen atoms in total. The second-order valence-electron chi connectivity index (χ2n) is 5.18. The van der Waals surface area contributed by atoms with E-state index in [0.29, 0.717) is 17.9 Å². The third-order valence-electron chi connectivity index (χ3n) is 3.74. The van der Waals surface area contributed by atoms with E-state index in [4.69, 9.17) is 9.47 Å². The van der Waals surface area contributed by atoms with Gasteiger partial charge < -0.3 is 9.47 Å². The molecule has 0 aliphatic carbocycles. The molecule has 5 atom stereocenters. The average molecular weight is 196 g/mol. The summed E-state index contributed by atoms with van der Waals surface area (Å²) in [5, 5.41) is 0. The Morgan fingerprint density at radius 1 is 1.43 bits per heavy atom. The van der Waals surface area contributed by atoms with Crippen molar-refractivity contribution < 1.29 is 14.3 Å². The number of carbonyl (C=O) groups excluding carboxylic acids is 1. The van der Waals surface area contributed by atoms with Gasteiger partial charge in [-0.2, -0.15) is 0 Å². The summed E-state index contributed by atoms with van der Waals surface area (Å²) >= 11 is 0. The lowest BCUT2D eigenvalue weighted by atomic mass is 9.78. The zero-order chi connectivity index (χ0) is 9.87. The molecule has 3 aliphatic heterocycles. The first-order chi connectivity index (χ1) is 6.66. The maximum absolute atomic E-state index is 11.4. The zero-order valence-electron chi connectivity index (χ0n) is 8.60. The molecule has 0 radical (unpaired) electrons. The molecule has 2 bridgehead atoms. The Labute approximate surface area is 83.8 Å². The molecule has 78 valence electrons. The smallest absolute Gasteiger partial charge is 0.312 e. The van der Waals surface area contributed by atoms with Crippen LogP contribution in [0.1, 0.15) is 26.7 Å². The summed E-state index contributed by atoms with van der Waals surface area (Å²) in [6.07, 6.45) is 2.48. The molecule has 0 amide bonds. The van der Waals surface area contributed by atoms with Crippen LogP contribution >= 0.6 is 0 Å². The van der Waals surface area contributed by atoms with Gasteiger partial charge in [-0.3, -0.25) is 4.79 Å². The first kappa shape index (κ1) is 8.72. The first-order valence-corrected chi connectivity index (χ1v) is 5.53. The summed E-state index contributed by atoms with van der Waals surface area (Å²) < 4.78 is 11.2. The molecule has 3 aliphatic rings. The molecule has 5 unspecified atom stereocenters. The van der Waals surface area contributed by atoms with Crippen molar-refractivity contribution >= 4 is 5.97 Å². The molecule has 3 fully saturated rings. The molecule has 3 rings (SSSR count).